The number of nitrogens with zero attached hydrogens (tertiary/aromatic N) is 4. The number of aromatic nitrogens is 2. The van der Waals surface area contributed by atoms with Gasteiger partial charge in [-0.2, -0.15) is 4.98 Å². The van der Waals surface area contributed by atoms with Crippen LogP contribution in [0.1, 0.15) is 122 Å². The first-order valence-corrected chi connectivity index (χ1v) is 18.6. The molecule has 0 radical (unpaired) electrons. The zero-order valence-corrected chi connectivity index (χ0v) is 32.1. The van der Waals surface area contributed by atoms with Crippen LogP contribution < -0.4 is 0 Å². The number of aryl methyl sites for hydroxylation is 1. The Morgan fingerprint density at radius 1 is 0.808 bits per heavy atom. The third-order valence-electron chi connectivity index (χ3n) is 9.40. The van der Waals surface area contributed by atoms with Crippen molar-refractivity contribution in [3.63, 3.8) is 0 Å². The van der Waals surface area contributed by atoms with Crippen molar-refractivity contribution in [1.82, 2.24) is 10.1 Å². The Balaban J connectivity index is 1.20. The Morgan fingerprint density at radius 3 is 2.13 bits per heavy atom. The molecule has 0 saturated heterocycles. The molecule has 0 unspecified atom stereocenters. The number of aromatic hydroxyl groups is 2. The minimum absolute atomic E-state index is 0.117. The summed E-state index contributed by atoms with van der Waals surface area (Å²) >= 11 is 0. The monoisotopic (exact) mass is 702 g/mol. The highest BCUT2D eigenvalue weighted by Crippen LogP contribution is 2.41. The molecule has 1 aromatic heterocycles. The SMILES string of the molecule is CC/C=C\C=C(/CC)c1cc(C(C)(C)C)cc(C2=NOC(CCCCCc3nc(-c4cc(C(C)(C)C)cc(-c5ccccc5)c4O)no3)=NC2)c1O. The van der Waals surface area contributed by atoms with Gasteiger partial charge in [0.25, 0.3) is 0 Å². The molecule has 52 heavy (non-hydrogen) atoms. The van der Waals surface area contributed by atoms with Crippen molar-refractivity contribution in [2.75, 3.05) is 6.54 Å². The summed E-state index contributed by atoms with van der Waals surface area (Å²) in [6.07, 6.45) is 11.9. The normalized spacial score (nSPS) is 14.0. The molecule has 0 saturated carbocycles. The van der Waals surface area contributed by atoms with E-state index in [-0.39, 0.29) is 22.3 Å². The molecule has 8 nitrogen and oxygen atoms in total. The maximum atomic E-state index is 11.5. The van der Waals surface area contributed by atoms with Crippen LogP contribution in [-0.4, -0.2) is 38.5 Å². The molecule has 2 N–H and O–H groups in total. The van der Waals surface area contributed by atoms with Gasteiger partial charge in [-0.1, -0.05) is 121 Å². The number of benzene rings is 3. The summed E-state index contributed by atoms with van der Waals surface area (Å²) in [4.78, 5) is 15.1. The van der Waals surface area contributed by atoms with E-state index in [0.29, 0.717) is 53.8 Å². The molecule has 2 heterocycles. The number of rotatable bonds is 13. The van der Waals surface area contributed by atoms with Gasteiger partial charge in [0.1, 0.15) is 17.2 Å². The molecule has 1 aliphatic heterocycles. The average molecular weight is 703 g/mol. The number of hydrogen-bond acceptors (Lipinski definition) is 8. The van der Waals surface area contributed by atoms with Gasteiger partial charge in [-0.15, -0.1) is 0 Å². The second-order valence-corrected chi connectivity index (χ2v) is 15.5. The zero-order chi connectivity index (χ0) is 37.5. The van der Waals surface area contributed by atoms with Crippen LogP contribution in [0.5, 0.6) is 11.5 Å². The second kappa shape index (κ2) is 16.6. The van der Waals surface area contributed by atoms with Gasteiger partial charge in [0.15, 0.2) is 0 Å². The minimum atomic E-state index is -0.137. The van der Waals surface area contributed by atoms with E-state index in [1.165, 1.54) is 0 Å². The maximum absolute atomic E-state index is 11.5. The minimum Gasteiger partial charge on any atom is -0.507 e. The van der Waals surface area contributed by atoms with E-state index in [1.807, 2.05) is 48.5 Å². The number of allylic oxidation sites excluding steroid dienone is 4. The number of unbranched alkanes of at least 4 members (excludes halogenated alkanes) is 2. The third kappa shape index (κ3) is 9.27. The largest absolute Gasteiger partial charge is 0.507 e. The summed E-state index contributed by atoms with van der Waals surface area (Å²) in [6, 6.07) is 18.0. The Labute approximate surface area is 309 Å². The lowest BCUT2D eigenvalue weighted by Crippen LogP contribution is -2.19. The van der Waals surface area contributed by atoms with Gasteiger partial charge in [0.2, 0.25) is 17.6 Å². The molecule has 0 fully saturated rings. The van der Waals surface area contributed by atoms with Gasteiger partial charge in [-0.3, -0.25) is 0 Å². The molecule has 0 atom stereocenters. The first kappa shape index (κ1) is 38.3. The Hall–Kier alpha value is -4.98. The molecule has 0 aliphatic carbocycles. The summed E-state index contributed by atoms with van der Waals surface area (Å²) < 4.78 is 5.62. The van der Waals surface area contributed by atoms with E-state index in [9.17, 15) is 10.2 Å². The quantitative estimate of drug-likeness (QED) is 0.106. The highest BCUT2D eigenvalue weighted by molar-refractivity contribution is 6.07. The van der Waals surface area contributed by atoms with E-state index in [2.05, 4.69) is 95.0 Å². The van der Waals surface area contributed by atoms with Crippen LogP contribution in [-0.2, 0) is 22.1 Å². The number of aliphatic imine (C=N–C) groups is 1. The number of oxime groups is 1. The van der Waals surface area contributed by atoms with Gasteiger partial charge >= 0.3 is 0 Å². The molecular weight excluding hydrogens is 649 g/mol. The fourth-order valence-electron chi connectivity index (χ4n) is 6.11. The van der Waals surface area contributed by atoms with Crippen LogP contribution in [0.4, 0.5) is 0 Å². The van der Waals surface area contributed by atoms with E-state index in [1.54, 1.807) is 0 Å². The summed E-state index contributed by atoms with van der Waals surface area (Å²) in [7, 11) is 0. The number of hydrogen-bond donors (Lipinski definition) is 2. The molecular formula is C44H54N4O4. The van der Waals surface area contributed by atoms with Gasteiger partial charge in [-0.25, -0.2) is 4.99 Å². The van der Waals surface area contributed by atoms with Crippen molar-refractivity contribution in [1.29, 1.82) is 0 Å². The van der Waals surface area contributed by atoms with Crippen LogP contribution in [0.2, 0.25) is 0 Å². The molecule has 0 bridgehead atoms. The third-order valence-corrected chi connectivity index (χ3v) is 9.40. The van der Waals surface area contributed by atoms with Crippen molar-refractivity contribution < 1.29 is 19.6 Å². The van der Waals surface area contributed by atoms with Crippen LogP contribution in [0.25, 0.3) is 28.1 Å². The van der Waals surface area contributed by atoms with Crippen molar-refractivity contribution in [3.8, 4) is 34.0 Å². The topological polar surface area (TPSA) is 113 Å². The molecule has 1 aliphatic rings. The summed E-state index contributed by atoms with van der Waals surface area (Å²) in [5.41, 5.74) is 7.36. The highest BCUT2D eigenvalue weighted by Gasteiger charge is 2.25. The van der Waals surface area contributed by atoms with Crippen molar-refractivity contribution in [2.24, 2.45) is 10.1 Å². The van der Waals surface area contributed by atoms with E-state index < -0.39 is 0 Å². The molecule has 274 valence electrons. The van der Waals surface area contributed by atoms with E-state index in [0.717, 1.165) is 65.5 Å². The van der Waals surface area contributed by atoms with Gasteiger partial charge in [0.05, 0.1) is 12.1 Å². The van der Waals surface area contributed by atoms with Gasteiger partial charge < -0.3 is 19.6 Å². The summed E-state index contributed by atoms with van der Waals surface area (Å²) in [5, 5.41) is 31.5. The van der Waals surface area contributed by atoms with E-state index >= 15 is 0 Å². The molecule has 0 amide bonds. The maximum Gasteiger partial charge on any atom is 0.226 e. The van der Waals surface area contributed by atoms with Crippen LogP contribution in [0.15, 0.2) is 87.5 Å². The average Bonchev–Trinajstić information content (AvgIpc) is 3.59. The Bertz CT molecular complexity index is 1970. The molecule has 0 spiro atoms. The van der Waals surface area contributed by atoms with Crippen molar-refractivity contribution >= 4 is 17.2 Å². The summed E-state index contributed by atoms with van der Waals surface area (Å²) in [5.74, 6) is 1.88. The molecule has 4 aromatic rings. The van der Waals surface area contributed by atoms with E-state index in [4.69, 9.17) is 14.4 Å². The van der Waals surface area contributed by atoms with Crippen molar-refractivity contribution in [3.05, 3.63) is 101 Å². The molecule has 5 rings (SSSR count). The second-order valence-electron chi connectivity index (χ2n) is 15.5. The lowest BCUT2D eigenvalue weighted by Gasteiger charge is -2.24. The fraction of sp³-hybridized carbons (Fsp3) is 0.409. The lowest BCUT2D eigenvalue weighted by atomic mass is 9.82. The number of phenols is 2. The van der Waals surface area contributed by atoms with Gasteiger partial charge in [0, 0.05) is 29.5 Å². The van der Waals surface area contributed by atoms with Crippen LogP contribution in [0, 0.1) is 0 Å². The Morgan fingerprint density at radius 2 is 1.48 bits per heavy atom. The zero-order valence-electron chi connectivity index (χ0n) is 32.1. The lowest BCUT2D eigenvalue weighted by molar-refractivity contribution is 0.308. The first-order chi connectivity index (χ1) is 24.8. The van der Waals surface area contributed by atoms with Crippen molar-refractivity contribution in [2.45, 2.75) is 111 Å². The smallest absolute Gasteiger partial charge is 0.226 e. The molecule has 8 heteroatoms. The number of phenolic OH excluding ortho intramolecular Hbond substituents is 2. The predicted octanol–water partition coefficient (Wildman–Crippen LogP) is 11.1. The highest BCUT2D eigenvalue weighted by atomic mass is 16.6. The van der Waals surface area contributed by atoms with Crippen LogP contribution >= 0.6 is 0 Å². The Kier molecular flexibility index (Phi) is 12.2. The standard InChI is InChI=1S/C44H54N4O4/c1-9-11-14-19-29(10-2)33-24-31(43(3,4)5)26-35(40(33)49)37-28-45-38(51-47-37)22-17-13-18-23-39-46-42(48-52-39)36-27-32(44(6,7)8)25-34(41(36)50)30-20-15-12-16-21-30/h11-12,14-16,19-21,24-27,49-50H,9-10,13,17-18,22-23,28H2,1-8H3/b14-11-,29-19+. The fourth-order valence-corrected chi connectivity index (χ4v) is 6.11. The predicted molar refractivity (Wildman–Crippen MR) is 212 cm³/mol. The van der Waals surface area contributed by atoms with Crippen LogP contribution in [0.3, 0.4) is 0 Å². The van der Waals surface area contributed by atoms with Gasteiger partial charge in [-0.05, 0) is 83.0 Å². The summed E-state index contributed by atoms with van der Waals surface area (Å²) in [6.45, 7) is 17.5. The molecule has 3 aromatic carbocycles. The first-order valence-electron chi connectivity index (χ1n) is 18.6.